The Morgan fingerprint density at radius 1 is 1.08 bits per heavy atom. The van der Waals surface area contributed by atoms with Gasteiger partial charge < -0.3 is 14.9 Å². The third kappa shape index (κ3) is 4.83. The van der Waals surface area contributed by atoms with Crippen LogP contribution >= 0.6 is 0 Å². The average Bonchev–Trinajstić information content (AvgIpc) is 2.65. The Labute approximate surface area is 148 Å². The summed E-state index contributed by atoms with van der Waals surface area (Å²) >= 11 is 0. The molecule has 0 aliphatic heterocycles. The summed E-state index contributed by atoms with van der Waals surface area (Å²) in [6.45, 7) is 2.49. The second kappa shape index (κ2) is 9.47. The van der Waals surface area contributed by atoms with Crippen LogP contribution in [0.4, 0.5) is 0 Å². The molecule has 0 saturated carbocycles. The van der Waals surface area contributed by atoms with E-state index in [-0.39, 0.29) is 11.6 Å². The minimum Gasteiger partial charge on any atom is -0.489 e. The first kappa shape index (κ1) is 18.5. The molecule has 0 bridgehead atoms. The van der Waals surface area contributed by atoms with Crippen molar-refractivity contribution < 1.29 is 14.4 Å². The lowest BCUT2D eigenvalue weighted by molar-refractivity contribution is -0.114. The fourth-order valence-corrected chi connectivity index (χ4v) is 2.58. The van der Waals surface area contributed by atoms with Gasteiger partial charge in [0.05, 0.1) is 0 Å². The fourth-order valence-electron chi connectivity index (χ4n) is 2.58. The molecule has 0 heterocycles. The molecule has 0 spiro atoms. The Morgan fingerprint density at radius 3 is 2.44 bits per heavy atom. The first-order valence-electron chi connectivity index (χ1n) is 8.33. The van der Waals surface area contributed by atoms with E-state index in [9.17, 15) is 4.79 Å². The van der Waals surface area contributed by atoms with E-state index in [1.807, 2.05) is 42.5 Å². The topological polar surface area (TPSA) is 59.9 Å². The van der Waals surface area contributed by atoms with Crippen molar-refractivity contribution in [1.29, 1.82) is 0 Å². The molecule has 0 aliphatic carbocycles. The summed E-state index contributed by atoms with van der Waals surface area (Å²) in [6, 6.07) is 15.6. The number of nitrogens with one attached hydrogen (secondary N) is 1. The van der Waals surface area contributed by atoms with Crippen LogP contribution in [-0.2, 0) is 22.7 Å². The van der Waals surface area contributed by atoms with Crippen molar-refractivity contribution >= 4 is 11.6 Å². The highest BCUT2D eigenvalue weighted by Crippen LogP contribution is 2.22. The normalized spacial score (nSPS) is 11.1. The number of likely N-dealkylation sites (N-methyl/N-ethyl adjacent to an activating group) is 1. The molecule has 0 atom stereocenters. The van der Waals surface area contributed by atoms with Crippen LogP contribution in [0.15, 0.2) is 53.7 Å². The number of rotatable bonds is 8. The number of hydrogen-bond donors (Lipinski definition) is 1. The predicted octanol–water partition coefficient (Wildman–Crippen LogP) is 3.31. The van der Waals surface area contributed by atoms with E-state index in [1.54, 1.807) is 7.05 Å². The lowest BCUT2D eigenvalue weighted by Gasteiger charge is -2.14. The van der Waals surface area contributed by atoms with Crippen LogP contribution in [0.2, 0.25) is 0 Å². The minimum absolute atomic E-state index is 0.228. The minimum atomic E-state index is -0.305. The molecule has 5 heteroatoms. The monoisotopic (exact) mass is 340 g/mol. The summed E-state index contributed by atoms with van der Waals surface area (Å²) < 4.78 is 6.03. The summed E-state index contributed by atoms with van der Waals surface area (Å²) in [7, 11) is 2.98. The van der Waals surface area contributed by atoms with Crippen molar-refractivity contribution in [3.63, 3.8) is 0 Å². The Morgan fingerprint density at radius 2 is 1.76 bits per heavy atom. The van der Waals surface area contributed by atoms with E-state index in [2.05, 4.69) is 23.5 Å². The maximum atomic E-state index is 12.1. The fraction of sp³-hybridized carbons (Fsp3) is 0.300. The van der Waals surface area contributed by atoms with Crippen molar-refractivity contribution in [3.05, 3.63) is 65.2 Å². The molecule has 0 aliphatic rings. The maximum Gasteiger partial charge on any atom is 0.273 e. The van der Waals surface area contributed by atoms with Gasteiger partial charge in [-0.25, -0.2) is 0 Å². The molecular weight excluding hydrogens is 316 g/mol. The van der Waals surface area contributed by atoms with E-state index in [4.69, 9.17) is 9.57 Å². The molecule has 25 heavy (non-hydrogen) atoms. The average molecular weight is 340 g/mol. The van der Waals surface area contributed by atoms with Gasteiger partial charge in [-0.2, -0.15) is 0 Å². The lowest BCUT2D eigenvalue weighted by Crippen LogP contribution is -2.29. The van der Waals surface area contributed by atoms with Crippen molar-refractivity contribution in [2.75, 3.05) is 14.2 Å². The summed E-state index contributed by atoms with van der Waals surface area (Å²) in [5.41, 5.74) is 2.97. The molecule has 0 radical (unpaired) electrons. The number of carbonyl (C=O) groups excluding carboxylic acids is 1. The highest BCUT2D eigenvalue weighted by molar-refractivity contribution is 6.45. The summed E-state index contributed by atoms with van der Waals surface area (Å²) in [4.78, 5) is 16.9. The van der Waals surface area contributed by atoms with E-state index < -0.39 is 0 Å². The van der Waals surface area contributed by atoms with Gasteiger partial charge in [-0.15, -0.1) is 0 Å². The molecule has 0 unspecified atom stereocenters. The van der Waals surface area contributed by atoms with E-state index in [0.29, 0.717) is 12.2 Å². The zero-order chi connectivity index (χ0) is 18.1. The number of benzene rings is 2. The van der Waals surface area contributed by atoms with Crippen molar-refractivity contribution in [1.82, 2.24) is 5.32 Å². The van der Waals surface area contributed by atoms with Gasteiger partial charge in [-0.05, 0) is 23.6 Å². The van der Waals surface area contributed by atoms with Crippen LogP contribution in [0.5, 0.6) is 5.75 Å². The van der Waals surface area contributed by atoms with Crippen molar-refractivity contribution in [2.24, 2.45) is 5.16 Å². The number of nitrogens with zero attached hydrogens (tertiary/aromatic N) is 1. The zero-order valence-corrected chi connectivity index (χ0v) is 14.9. The Kier molecular flexibility index (Phi) is 7.01. The Hall–Kier alpha value is -2.82. The van der Waals surface area contributed by atoms with Gasteiger partial charge in [-0.1, -0.05) is 61.0 Å². The number of aryl methyl sites for hydroxylation is 1. The highest BCUT2D eigenvalue weighted by Gasteiger charge is 2.17. The molecule has 5 nitrogen and oxygen atoms in total. The number of oxime groups is 1. The Bertz CT molecular complexity index is 741. The van der Waals surface area contributed by atoms with Gasteiger partial charge in [0.2, 0.25) is 0 Å². The molecule has 2 aromatic rings. The van der Waals surface area contributed by atoms with Crippen LogP contribution < -0.4 is 10.1 Å². The maximum absolute atomic E-state index is 12.1. The molecule has 132 valence electrons. The van der Waals surface area contributed by atoms with Gasteiger partial charge >= 0.3 is 0 Å². The molecular formula is C20H24N2O3. The Balaban J connectivity index is 2.27. The second-order valence-electron chi connectivity index (χ2n) is 5.51. The highest BCUT2D eigenvalue weighted by atomic mass is 16.6. The standard InChI is InChI=1S/C20H24N2O3/c1-4-9-15-10-6-8-13-18(15)25-14-16-11-5-7-12-17(16)19(22-24-3)20(23)21-2/h5-8,10-13H,4,9,14H2,1-3H3,(H,21,23)/b22-19+. The third-order valence-electron chi connectivity index (χ3n) is 3.77. The number of carbonyl (C=O) groups is 1. The van der Waals surface area contributed by atoms with Crippen LogP contribution in [-0.4, -0.2) is 25.8 Å². The van der Waals surface area contributed by atoms with E-state index in [1.165, 1.54) is 12.7 Å². The summed E-state index contributed by atoms with van der Waals surface area (Å²) in [5.74, 6) is 0.560. The predicted molar refractivity (Wildman–Crippen MR) is 98.8 cm³/mol. The molecule has 2 aromatic carbocycles. The van der Waals surface area contributed by atoms with Gasteiger partial charge in [0.25, 0.3) is 5.91 Å². The van der Waals surface area contributed by atoms with Crippen LogP contribution in [0.1, 0.15) is 30.0 Å². The van der Waals surface area contributed by atoms with Crippen LogP contribution in [0.3, 0.4) is 0 Å². The van der Waals surface area contributed by atoms with Crippen molar-refractivity contribution in [2.45, 2.75) is 26.4 Å². The number of ether oxygens (including phenoxy) is 1. The molecule has 2 rings (SSSR count). The van der Waals surface area contributed by atoms with Gasteiger partial charge in [-0.3, -0.25) is 4.79 Å². The smallest absolute Gasteiger partial charge is 0.273 e. The third-order valence-corrected chi connectivity index (χ3v) is 3.77. The first-order chi connectivity index (χ1) is 12.2. The lowest BCUT2D eigenvalue weighted by atomic mass is 10.0. The van der Waals surface area contributed by atoms with E-state index in [0.717, 1.165) is 24.2 Å². The summed E-state index contributed by atoms with van der Waals surface area (Å²) in [5, 5.41) is 6.46. The quantitative estimate of drug-likeness (QED) is 0.592. The first-order valence-corrected chi connectivity index (χ1v) is 8.33. The van der Waals surface area contributed by atoms with Crippen LogP contribution in [0, 0.1) is 0 Å². The van der Waals surface area contributed by atoms with Gasteiger partial charge in [0, 0.05) is 12.6 Å². The SMILES string of the molecule is CCCc1ccccc1OCc1ccccc1/C(=N\OC)C(=O)NC. The molecule has 1 N–H and O–H groups in total. The number of hydrogen-bond acceptors (Lipinski definition) is 4. The largest absolute Gasteiger partial charge is 0.489 e. The molecule has 1 amide bonds. The molecule has 0 saturated heterocycles. The number of amides is 1. The number of para-hydroxylation sites is 1. The molecule has 0 fully saturated rings. The van der Waals surface area contributed by atoms with Crippen LogP contribution in [0.25, 0.3) is 0 Å². The van der Waals surface area contributed by atoms with Gasteiger partial charge in [0.1, 0.15) is 19.5 Å². The molecule has 0 aromatic heterocycles. The zero-order valence-electron chi connectivity index (χ0n) is 14.9. The van der Waals surface area contributed by atoms with Crippen molar-refractivity contribution in [3.8, 4) is 5.75 Å². The summed E-state index contributed by atoms with van der Waals surface area (Å²) in [6.07, 6.45) is 2.02. The second-order valence-corrected chi connectivity index (χ2v) is 5.51. The van der Waals surface area contributed by atoms with E-state index >= 15 is 0 Å². The van der Waals surface area contributed by atoms with Gasteiger partial charge in [0.15, 0.2) is 5.71 Å².